The maximum atomic E-state index is 11.2. The van der Waals surface area contributed by atoms with Gasteiger partial charge in [0.2, 0.25) is 12.2 Å². The molecule has 0 bridgehead atoms. The van der Waals surface area contributed by atoms with Gasteiger partial charge in [0, 0.05) is 20.1 Å². The van der Waals surface area contributed by atoms with Crippen molar-refractivity contribution in [2.75, 3.05) is 20.8 Å². The summed E-state index contributed by atoms with van der Waals surface area (Å²) in [6, 6.07) is 7.22. The molecule has 21 heavy (non-hydrogen) atoms. The van der Waals surface area contributed by atoms with Crippen LogP contribution in [0.1, 0.15) is 19.8 Å². The average molecular weight is 297 g/mol. The number of hydrogen-bond donors (Lipinski definition) is 2. The van der Waals surface area contributed by atoms with E-state index in [2.05, 4.69) is 5.32 Å². The Bertz CT molecular complexity index is 438. The van der Waals surface area contributed by atoms with Crippen molar-refractivity contribution in [3.8, 4) is 11.5 Å². The molecule has 0 radical (unpaired) electrons. The van der Waals surface area contributed by atoms with Gasteiger partial charge < -0.3 is 24.6 Å². The molecule has 0 saturated carbocycles. The van der Waals surface area contributed by atoms with E-state index in [1.807, 2.05) is 18.2 Å². The first-order valence-electron chi connectivity index (χ1n) is 6.83. The largest absolute Gasteiger partial charge is 0.497 e. The fourth-order valence-corrected chi connectivity index (χ4v) is 2.08. The molecule has 2 N–H and O–H groups in total. The summed E-state index contributed by atoms with van der Waals surface area (Å²) in [5.74, 6) is 1.32. The quantitative estimate of drug-likeness (QED) is 0.876. The Kier molecular flexibility index (Phi) is 7.56. The third-order valence-electron chi connectivity index (χ3n) is 2.95. The van der Waals surface area contributed by atoms with Crippen LogP contribution in [0.4, 0.5) is 0 Å². The lowest BCUT2D eigenvalue weighted by Gasteiger charge is -2.32. The molecule has 1 amide bonds. The van der Waals surface area contributed by atoms with Crippen LogP contribution in [0.25, 0.3) is 0 Å². The van der Waals surface area contributed by atoms with Crippen molar-refractivity contribution >= 4 is 5.91 Å². The second-order valence-corrected chi connectivity index (χ2v) is 4.49. The van der Waals surface area contributed by atoms with Crippen LogP contribution in [0.3, 0.4) is 0 Å². The summed E-state index contributed by atoms with van der Waals surface area (Å²) in [4.78, 5) is 11.2. The SMILES string of the molecule is CO.COc1cccc(OC2OCCCC2NC(C)=O)c1. The van der Waals surface area contributed by atoms with Crippen molar-refractivity contribution in [2.24, 2.45) is 0 Å². The van der Waals surface area contributed by atoms with Crippen LogP contribution in [0.5, 0.6) is 11.5 Å². The van der Waals surface area contributed by atoms with Crippen LogP contribution in [0.2, 0.25) is 0 Å². The van der Waals surface area contributed by atoms with Gasteiger partial charge in [-0.25, -0.2) is 0 Å². The Morgan fingerprint density at radius 1 is 1.38 bits per heavy atom. The van der Waals surface area contributed by atoms with E-state index >= 15 is 0 Å². The van der Waals surface area contributed by atoms with Gasteiger partial charge in [0.25, 0.3) is 0 Å². The minimum atomic E-state index is -0.454. The van der Waals surface area contributed by atoms with Crippen LogP contribution in [-0.4, -0.2) is 44.2 Å². The van der Waals surface area contributed by atoms with Crippen molar-refractivity contribution < 1.29 is 24.1 Å². The number of benzene rings is 1. The van der Waals surface area contributed by atoms with Gasteiger partial charge in [0.15, 0.2) is 0 Å². The minimum Gasteiger partial charge on any atom is -0.497 e. The molecule has 1 aliphatic heterocycles. The number of amides is 1. The molecule has 2 atom stereocenters. The zero-order valence-corrected chi connectivity index (χ0v) is 12.7. The lowest BCUT2D eigenvalue weighted by Crippen LogP contribution is -2.49. The molecule has 1 aromatic rings. The zero-order chi connectivity index (χ0) is 15.7. The van der Waals surface area contributed by atoms with Crippen molar-refractivity contribution in [1.82, 2.24) is 5.32 Å². The monoisotopic (exact) mass is 297 g/mol. The van der Waals surface area contributed by atoms with E-state index in [0.29, 0.717) is 12.4 Å². The van der Waals surface area contributed by atoms with Crippen LogP contribution in [0, 0.1) is 0 Å². The van der Waals surface area contributed by atoms with Crippen LogP contribution >= 0.6 is 0 Å². The number of carbonyl (C=O) groups is 1. The highest BCUT2D eigenvalue weighted by atomic mass is 16.7. The van der Waals surface area contributed by atoms with Crippen LogP contribution in [0.15, 0.2) is 24.3 Å². The summed E-state index contributed by atoms with van der Waals surface area (Å²) in [5.41, 5.74) is 0. The molecule has 0 aromatic heterocycles. The van der Waals surface area contributed by atoms with E-state index in [1.165, 1.54) is 6.92 Å². The highest BCUT2D eigenvalue weighted by Crippen LogP contribution is 2.23. The maximum Gasteiger partial charge on any atom is 0.220 e. The van der Waals surface area contributed by atoms with Crippen LogP contribution in [-0.2, 0) is 9.53 Å². The molecular formula is C15H23NO5. The van der Waals surface area contributed by atoms with Crippen molar-refractivity contribution in [3.63, 3.8) is 0 Å². The smallest absolute Gasteiger partial charge is 0.220 e. The van der Waals surface area contributed by atoms with Gasteiger partial charge >= 0.3 is 0 Å². The zero-order valence-electron chi connectivity index (χ0n) is 12.7. The lowest BCUT2D eigenvalue weighted by atomic mass is 10.1. The first kappa shape index (κ1) is 17.3. The van der Waals surface area contributed by atoms with Gasteiger partial charge in [-0.1, -0.05) is 6.07 Å². The highest BCUT2D eigenvalue weighted by molar-refractivity contribution is 5.73. The first-order valence-corrected chi connectivity index (χ1v) is 6.83. The molecule has 1 fully saturated rings. The van der Waals surface area contributed by atoms with Gasteiger partial charge in [0.1, 0.15) is 11.5 Å². The summed E-state index contributed by atoms with van der Waals surface area (Å²) in [5, 5.41) is 9.86. The summed E-state index contributed by atoms with van der Waals surface area (Å²) in [6.07, 6.45) is 1.32. The van der Waals surface area contributed by atoms with Gasteiger partial charge in [-0.3, -0.25) is 4.79 Å². The fraction of sp³-hybridized carbons (Fsp3) is 0.533. The summed E-state index contributed by atoms with van der Waals surface area (Å²) in [7, 11) is 2.61. The highest BCUT2D eigenvalue weighted by Gasteiger charge is 2.28. The lowest BCUT2D eigenvalue weighted by molar-refractivity contribution is -0.138. The third kappa shape index (κ3) is 5.61. The number of rotatable bonds is 4. The first-order chi connectivity index (χ1) is 10.2. The number of ether oxygens (including phenoxy) is 3. The van der Waals surface area contributed by atoms with E-state index < -0.39 is 6.29 Å². The number of methoxy groups -OCH3 is 1. The molecular weight excluding hydrogens is 274 g/mol. The summed E-state index contributed by atoms with van der Waals surface area (Å²) in [6.45, 7) is 2.14. The molecule has 0 aliphatic carbocycles. The van der Waals surface area contributed by atoms with E-state index in [4.69, 9.17) is 19.3 Å². The van der Waals surface area contributed by atoms with Crippen LogP contribution < -0.4 is 14.8 Å². The summed E-state index contributed by atoms with van der Waals surface area (Å²) >= 11 is 0. The normalized spacial score (nSPS) is 20.8. The van der Waals surface area contributed by atoms with Gasteiger partial charge in [-0.2, -0.15) is 0 Å². The Balaban J connectivity index is 0.00000106. The Labute approximate surface area is 125 Å². The molecule has 1 aromatic carbocycles. The number of hydrogen-bond acceptors (Lipinski definition) is 5. The molecule has 2 unspecified atom stereocenters. The van der Waals surface area contributed by atoms with E-state index in [0.717, 1.165) is 25.7 Å². The number of aliphatic hydroxyl groups is 1. The Morgan fingerprint density at radius 2 is 2.10 bits per heavy atom. The van der Waals surface area contributed by atoms with E-state index in [-0.39, 0.29) is 11.9 Å². The standard InChI is InChI=1S/C14H19NO4.CH4O/c1-10(16)15-13-7-4-8-18-14(13)19-12-6-3-5-11(9-12)17-2;1-2/h3,5-6,9,13-14H,4,7-8H2,1-2H3,(H,15,16);2H,1H3. The molecule has 1 heterocycles. The second-order valence-electron chi connectivity index (χ2n) is 4.49. The minimum absolute atomic E-state index is 0.0743. The topological polar surface area (TPSA) is 77.0 Å². The molecule has 1 saturated heterocycles. The van der Waals surface area contributed by atoms with Crippen molar-refractivity contribution in [3.05, 3.63) is 24.3 Å². The van der Waals surface area contributed by atoms with Crippen molar-refractivity contribution in [2.45, 2.75) is 32.1 Å². The number of carbonyl (C=O) groups excluding carboxylic acids is 1. The Morgan fingerprint density at radius 3 is 2.76 bits per heavy atom. The average Bonchev–Trinajstić information content (AvgIpc) is 2.51. The predicted molar refractivity (Wildman–Crippen MR) is 78.3 cm³/mol. The molecule has 6 nitrogen and oxygen atoms in total. The van der Waals surface area contributed by atoms with Crippen molar-refractivity contribution in [1.29, 1.82) is 0 Å². The second kappa shape index (κ2) is 9.20. The van der Waals surface area contributed by atoms with E-state index in [9.17, 15) is 4.79 Å². The molecule has 6 heteroatoms. The van der Waals surface area contributed by atoms with Gasteiger partial charge in [0.05, 0.1) is 19.8 Å². The number of nitrogens with one attached hydrogen (secondary N) is 1. The molecule has 1 aliphatic rings. The number of aliphatic hydroxyl groups excluding tert-OH is 1. The fourth-order valence-electron chi connectivity index (χ4n) is 2.08. The molecule has 118 valence electrons. The molecule has 2 rings (SSSR count). The van der Waals surface area contributed by atoms with E-state index in [1.54, 1.807) is 13.2 Å². The summed E-state index contributed by atoms with van der Waals surface area (Å²) < 4.78 is 16.5. The van der Waals surface area contributed by atoms with Gasteiger partial charge in [-0.05, 0) is 25.0 Å². The third-order valence-corrected chi connectivity index (χ3v) is 2.95. The predicted octanol–water partition coefficient (Wildman–Crippen LogP) is 1.32. The van der Waals surface area contributed by atoms with Gasteiger partial charge in [-0.15, -0.1) is 0 Å². The maximum absolute atomic E-state index is 11.2. The Hall–Kier alpha value is -1.79. The molecule has 0 spiro atoms.